The van der Waals surface area contributed by atoms with Gasteiger partial charge in [-0.05, 0) is 37.0 Å². The summed E-state index contributed by atoms with van der Waals surface area (Å²) in [6, 6.07) is 0. The smallest absolute Gasteiger partial charge is 0.172 e. The number of hydrogen-bond acceptors (Lipinski definition) is 4. The van der Waals surface area contributed by atoms with Gasteiger partial charge in [0.25, 0.3) is 0 Å². The van der Waals surface area contributed by atoms with Crippen molar-refractivity contribution in [2.24, 2.45) is 34.5 Å². The molecule has 1 spiro atoms. The van der Waals surface area contributed by atoms with Crippen molar-refractivity contribution in [3.05, 3.63) is 0 Å². The van der Waals surface area contributed by atoms with Gasteiger partial charge in [0.1, 0.15) is 6.29 Å². The molecular weight excluding hydrogens is 328 g/mol. The molecule has 3 aliphatic rings. The van der Waals surface area contributed by atoms with E-state index in [9.17, 15) is 9.90 Å². The lowest BCUT2D eigenvalue weighted by molar-refractivity contribution is -0.270. The number of ether oxygens (including phenoxy) is 2. The van der Waals surface area contributed by atoms with Gasteiger partial charge in [0, 0.05) is 30.1 Å². The average molecular weight is 363 g/mol. The van der Waals surface area contributed by atoms with Crippen LogP contribution >= 0.6 is 0 Å². The third-order valence-corrected chi connectivity index (χ3v) is 8.19. The zero-order valence-corrected chi connectivity index (χ0v) is 16.9. The molecule has 0 unspecified atom stereocenters. The van der Waals surface area contributed by atoms with E-state index < -0.39 is 17.3 Å². The van der Waals surface area contributed by atoms with Gasteiger partial charge >= 0.3 is 0 Å². The number of rotatable bonds is 4. The number of aliphatic hydroxyl groups excluding tert-OH is 1. The van der Waals surface area contributed by atoms with Gasteiger partial charge in [0.15, 0.2) is 5.79 Å². The number of carbonyl (C=O) groups is 1. The lowest BCUT2D eigenvalue weighted by atomic mass is 9.45. The molecule has 4 heteroatoms. The van der Waals surface area contributed by atoms with E-state index in [2.05, 4.69) is 32.6 Å². The van der Waals surface area contributed by atoms with Gasteiger partial charge in [0.05, 0.1) is 19.3 Å². The van der Waals surface area contributed by atoms with E-state index in [0.717, 1.165) is 25.5 Å². The Morgan fingerprint density at radius 1 is 1.27 bits per heavy atom. The van der Waals surface area contributed by atoms with Crippen molar-refractivity contribution in [1.82, 2.24) is 0 Å². The predicted molar refractivity (Wildman–Crippen MR) is 100 cm³/mol. The van der Waals surface area contributed by atoms with Crippen LogP contribution in [0.2, 0.25) is 0 Å². The van der Waals surface area contributed by atoms with Gasteiger partial charge in [-0.25, -0.2) is 0 Å². The standard InChI is InChI=1S/C22H34O4/c1-6-7-8-18(24)20(5)17(4)15(2)13-21(16(3)14-23)9-10-22(19(20)21)25-11-12-26-22/h14-19,24H,8-13H2,1-5H3/t15-,16+,17+,18+,19-,20-,21+/m0/s1. The summed E-state index contributed by atoms with van der Waals surface area (Å²) in [5.41, 5.74) is -0.604. The summed E-state index contributed by atoms with van der Waals surface area (Å²) in [7, 11) is 0. The zero-order valence-electron chi connectivity index (χ0n) is 16.9. The molecule has 3 fully saturated rings. The molecule has 0 aromatic rings. The molecule has 1 aliphatic heterocycles. The molecule has 2 saturated carbocycles. The maximum atomic E-state index is 11.9. The Morgan fingerprint density at radius 2 is 1.92 bits per heavy atom. The molecule has 0 aromatic carbocycles. The average Bonchev–Trinajstić information content (AvgIpc) is 3.23. The molecule has 146 valence electrons. The fraction of sp³-hybridized carbons (Fsp3) is 0.864. The first-order chi connectivity index (χ1) is 12.3. The first kappa shape index (κ1) is 19.9. The quantitative estimate of drug-likeness (QED) is 0.615. The zero-order chi connectivity index (χ0) is 19.2. The van der Waals surface area contributed by atoms with Crippen LogP contribution in [0.4, 0.5) is 0 Å². The van der Waals surface area contributed by atoms with Gasteiger partial charge in [-0.15, -0.1) is 11.8 Å². The number of carbonyl (C=O) groups excluding carboxylic acids is 1. The molecule has 0 amide bonds. The second-order valence-corrected chi connectivity index (χ2v) is 9.08. The molecular formula is C22H34O4. The van der Waals surface area contributed by atoms with Crippen molar-refractivity contribution >= 4 is 6.29 Å². The molecule has 1 heterocycles. The first-order valence-electron chi connectivity index (χ1n) is 10.1. The Bertz CT molecular complexity index is 599. The largest absolute Gasteiger partial charge is 0.392 e. The topological polar surface area (TPSA) is 55.8 Å². The Labute approximate surface area is 158 Å². The third kappa shape index (κ3) is 2.58. The summed E-state index contributed by atoms with van der Waals surface area (Å²) in [5, 5.41) is 11.3. The monoisotopic (exact) mass is 362 g/mol. The number of aliphatic hydroxyl groups is 1. The van der Waals surface area contributed by atoms with E-state index in [1.807, 2.05) is 6.92 Å². The maximum Gasteiger partial charge on any atom is 0.172 e. The van der Waals surface area contributed by atoms with Crippen LogP contribution < -0.4 is 0 Å². The lowest BCUT2D eigenvalue weighted by Gasteiger charge is -2.61. The molecule has 3 rings (SSSR count). The minimum absolute atomic E-state index is 0.00921. The summed E-state index contributed by atoms with van der Waals surface area (Å²) in [6.07, 6.45) is 3.67. The van der Waals surface area contributed by atoms with Crippen LogP contribution in [0, 0.1) is 46.3 Å². The molecule has 7 atom stereocenters. The van der Waals surface area contributed by atoms with Crippen LogP contribution in [-0.2, 0) is 14.3 Å². The highest BCUT2D eigenvalue weighted by atomic mass is 16.7. The Balaban J connectivity index is 2.15. The van der Waals surface area contributed by atoms with Crippen molar-refractivity contribution < 1.29 is 19.4 Å². The van der Waals surface area contributed by atoms with E-state index in [1.165, 1.54) is 0 Å². The van der Waals surface area contributed by atoms with Gasteiger partial charge in [-0.1, -0.05) is 27.7 Å². The summed E-state index contributed by atoms with van der Waals surface area (Å²) in [6.45, 7) is 11.7. The van der Waals surface area contributed by atoms with Gasteiger partial charge in [-0.2, -0.15) is 0 Å². The second kappa shape index (κ2) is 6.93. The number of aldehydes is 1. The van der Waals surface area contributed by atoms with Crippen LogP contribution in [0.15, 0.2) is 0 Å². The molecule has 0 bridgehead atoms. The molecule has 4 nitrogen and oxygen atoms in total. The molecule has 26 heavy (non-hydrogen) atoms. The fourth-order valence-corrected chi connectivity index (χ4v) is 6.61. The first-order valence-corrected chi connectivity index (χ1v) is 10.1. The van der Waals surface area contributed by atoms with Gasteiger partial charge < -0.3 is 19.4 Å². The van der Waals surface area contributed by atoms with Crippen molar-refractivity contribution in [1.29, 1.82) is 0 Å². The minimum Gasteiger partial charge on any atom is -0.392 e. The van der Waals surface area contributed by atoms with Gasteiger partial charge in [-0.3, -0.25) is 0 Å². The van der Waals surface area contributed by atoms with Crippen molar-refractivity contribution in [3.8, 4) is 11.8 Å². The molecule has 1 N–H and O–H groups in total. The fourth-order valence-electron chi connectivity index (χ4n) is 6.61. The van der Waals surface area contributed by atoms with Crippen LogP contribution in [0.5, 0.6) is 0 Å². The normalized spacial score (nSPS) is 43.4. The van der Waals surface area contributed by atoms with E-state index in [-0.39, 0.29) is 23.2 Å². The van der Waals surface area contributed by atoms with E-state index in [1.54, 1.807) is 6.92 Å². The van der Waals surface area contributed by atoms with E-state index in [0.29, 0.717) is 25.6 Å². The van der Waals surface area contributed by atoms with Crippen LogP contribution in [-0.4, -0.2) is 36.5 Å². The lowest BCUT2D eigenvalue weighted by Crippen LogP contribution is -2.63. The van der Waals surface area contributed by atoms with Crippen LogP contribution in [0.3, 0.4) is 0 Å². The number of hydrogen-bond donors (Lipinski definition) is 1. The Kier molecular flexibility index (Phi) is 5.29. The van der Waals surface area contributed by atoms with Crippen molar-refractivity contribution in [2.75, 3.05) is 13.2 Å². The minimum atomic E-state index is -0.666. The van der Waals surface area contributed by atoms with Crippen molar-refractivity contribution in [2.45, 2.75) is 72.2 Å². The maximum absolute atomic E-state index is 11.9. The highest BCUT2D eigenvalue weighted by molar-refractivity contribution is 5.55. The summed E-state index contributed by atoms with van der Waals surface area (Å²) in [5.74, 6) is 5.93. The number of fused-ring (bicyclic) bond motifs is 2. The molecule has 0 aromatic heterocycles. The van der Waals surface area contributed by atoms with Gasteiger partial charge in [0.2, 0.25) is 0 Å². The third-order valence-electron chi connectivity index (χ3n) is 8.19. The summed E-state index contributed by atoms with van der Waals surface area (Å²) >= 11 is 0. The Hall–Kier alpha value is -0.890. The summed E-state index contributed by atoms with van der Waals surface area (Å²) in [4.78, 5) is 11.9. The molecule has 2 aliphatic carbocycles. The summed E-state index contributed by atoms with van der Waals surface area (Å²) < 4.78 is 12.5. The highest BCUT2D eigenvalue weighted by Crippen LogP contribution is 2.70. The van der Waals surface area contributed by atoms with Crippen LogP contribution in [0.1, 0.15) is 60.3 Å². The SMILES string of the molecule is CC#CC[C@@H](O)[C@]1(C)[C@H](C)[C@@H](C)C[C@@]2([C@H](C)C=O)CCC3(OCCO3)[C@H]21. The van der Waals surface area contributed by atoms with Crippen molar-refractivity contribution in [3.63, 3.8) is 0 Å². The van der Waals surface area contributed by atoms with E-state index in [4.69, 9.17) is 9.47 Å². The van der Waals surface area contributed by atoms with E-state index >= 15 is 0 Å². The Morgan fingerprint density at radius 3 is 2.50 bits per heavy atom. The predicted octanol–water partition coefficient (Wildman–Crippen LogP) is 3.42. The van der Waals surface area contributed by atoms with Crippen LogP contribution in [0.25, 0.3) is 0 Å². The molecule has 0 radical (unpaired) electrons. The molecule has 1 saturated heterocycles. The highest BCUT2D eigenvalue weighted by Gasteiger charge is 2.72. The second-order valence-electron chi connectivity index (χ2n) is 9.08.